The molecule has 1 rings (SSSR count). The van der Waals surface area contributed by atoms with Gasteiger partial charge in [0, 0.05) is 22.3 Å². The lowest BCUT2D eigenvalue weighted by Crippen LogP contribution is -2.18. The number of hydrogen-bond donors (Lipinski definition) is 1. The second kappa shape index (κ2) is 6.33. The van der Waals surface area contributed by atoms with Crippen molar-refractivity contribution in [1.29, 1.82) is 0 Å². The first-order valence-corrected chi connectivity index (χ1v) is 6.88. The van der Waals surface area contributed by atoms with E-state index in [1.165, 1.54) is 12.1 Å². The number of benzene rings is 1. The molecule has 90 valence electrons. The van der Waals surface area contributed by atoms with Gasteiger partial charge in [-0.1, -0.05) is 24.6 Å². The van der Waals surface area contributed by atoms with Crippen molar-refractivity contribution in [2.45, 2.75) is 12.7 Å². The molecule has 0 aliphatic rings. The Balaban J connectivity index is 2.59. The van der Waals surface area contributed by atoms with Gasteiger partial charge in [-0.15, -0.1) is 0 Å². The SMILES string of the molecule is CC(CN)CS(=O)Cc1ccc(Cl)c(F)c1. The van der Waals surface area contributed by atoms with Crippen molar-refractivity contribution < 1.29 is 8.60 Å². The maximum Gasteiger partial charge on any atom is 0.142 e. The number of nitrogens with two attached hydrogens (primary N) is 1. The summed E-state index contributed by atoms with van der Waals surface area (Å²) in [5.41, 5.74) is 6.14. The quantitative estimate of drug-likeness (QED) is 0.886. The summed E-state index contributed by atoms with van der Waals surface area (Å²) >= 11 is 5.56. The number of rotatable bonds is 5. The predicted molar refractivity (Wildman–Crippen MR) is 66.3 cm³/mol. The lowest BCUT2D eigenvalue weighted by molar-refractivity contribution is 0.626. The van der Waals surface area contributed by atoms with Crippen LogP contribution in [0.25, 0.3) is 0 Å². The second-order valence-corrected chi connectivity index (χ2v) is 5.75. The minimum atomic E-state index is -1.01. The van der Waals surface area contributed by atoms with E-state index in [1.807, 2.05) is 6.92 Å². The molecule has 2 unspecified atom stereocenters. The topological polar surface area (TPSA) is 43.1 Å². The molecule has 0 saturated carbocycles. The Labute approximate surface area is 102 Å². The summed E-state index contributed by atoms with van der Waals surface area (Å²) in [6.07, 6.45) is 0. The van der Waals surface area contributed by atoms with Crippen LogP contribution < -0.4 is 5.73 Å². The Bertz CT molecular complexity index is 386. The number of halogens is 2. The summed E-state index contributed by atoms with van der Waals surface area (Å²) in [7, 11) is -1.01. The van der Waals surface area contributed by atoms with Gasteiger partial charge in [0.2, 0.25) is 0 Å². The van der Waals surface area contributed by atoms with Crippen molar-refractivity contribution in [1.82, 2.24) is 0 Å². The van der Waals surface area contributed by atoms with Gasteiger partial charge in [-0.25, -0.2) is 4.39 Å². The van der Waals surface area contributed by atoms with Gasteiger partial charge >= 0.3 is 0 Å². The summed E-state index contributed by atoms with van der Waals surface area (Å²) in [5.74, 6) is 0.639. The van der Waals surface area contributed by atoms with Gasteiger partial charge in [0.05, 0.1) is 5.02 Å². The van der Waals surface area contributed by atoms with Crippen LogP contribution in [0.4, 0.5) is 4.39 Å². The molecule has 1 aromatic carbocycles. The zero-order chi connectivity index (χ0) is 12.1. The molecular formula is C11H15ClFNOS. The zero-order valence-corrected chi connectivity index (χ0v) is 10.7. The molecule has 0 aromatic heterocycles. The van der Waals surface area contributed by atoms with E-state index in [0.29, 0.717) is 23.6 Å². The zero-order valence-electron chi connectivity index (χ0n) is 9.08. The van der Waals surface area contributed by atoms with Gasteiger partial charge in [-0.2, -0.15) is 0 Å². The van der Waals surface area contributed by atoms with Crippen molar-refractivity contribution in [3.63, 3.8) is 0 Å². The summed E-state index contributed by atoms with van der Waals surface area (Å²) < 4.78 is 24.8. The van der Waals surface area contributed by atoms with Crippen molar-refractivity contribution >= 4 is 22.4 Å². The van der Waals surface area contributed by atoms with Crippen molar-refractivity contribution in [2.24, 2.45) is 11.7 Å². The van der Waals surface area contributed by atoms with Crippen LogP contribution >= 0.6 is 11.6 Å². The average molecular weight is 264 g/mol. The lowest BCUT2D eigenvalue weighted by Gasteiger charge is -2.08. The molecule has 5 heteroatoms. The summed E-state index contributed by atoms with van der Waals surface area (Å²) in [5, 5.41) is 0.0878. The van der Waals surface area contributed by atoms with Gasteiger partial charge in [-0.05, 0) is 30.2 Å². The van der Waals surface area contributed by atoms with E-state index in [9.17, 15) is 8.60 Å². The van der Waals surface area contributed by atoms with Gasteiger partial charge in [0.15, 0.2) is 0 Å². The Morgan fingerprint density at radius 2 is 2.25 bits per heavy atom. The van der Waals surface area contributed by atoms with Crippen LogP contribution in [0.3, 0.4) is 0 Å². The van der Waals surface area contributed by atoms with Crippen LogP contribution in [-0.4, -0.2) is 16.5 Å². The van der Waals surface area contributed by atoms with Crippen LogP contribution in [0, 0.1) is 11.7 Å². The Morgan fingerprint density at radius 1 is 1.56 bits per heavy atom. The monoisotopic (exact) mass is 263 g/mol. The van der Waals surface area contributed by atoms with Crippen LogP contribution in [-0.2, 0) is 16.6 Å². The summed E-state index contributed by atoms with van der Waals surface area (Å²) in [6, 6.07) is 4.50. The Hall–Kier alpha value is -0.450. The molecule has 0 heterocycles. The van der Waals surface area contributed by atoms with E-state index in [2.05, 4.69) is 0 Å². The molecule has 0 saturated heterocycles. The van der Waals surface area contributed by atoms with E-state index in [0.717, 1.165) is 0 Å². The molecule has 0 fully saturated rings. The molecule has 0 aliphatic heterocycles. The molecule has 0 bridgehead atoms. The molecule has 0 aliphatic carbocycles. The van der Waals surface area contributed by atoms with Gasteiger partial charge in [0.1, 0.15) is 5.82 Å². The Morgan fingerprint density at radius 3 is 2.81 bits per heavy atom. The average Bonchev–Trinajstić information content (AvgIpc) is 2.23. The lowest BCUT2D eigenvalue weighted by atomic mass is 10.2. The van der Waals surface area contributed by atoms with E-state index in [-0.39, 0.29) is 10.9 Å². The van der Waals surface area contributed by atoms with Crippen molar-refractivity contribution in [3.8, 4) is 0 Å². The molecule has 1 aromatic rings. The first-order chi connectivity index (χ1) is 7.52. The van der Waals surface area contributed by atoms with E-state index in [4.69, 9.17) is 17.3 Å². The van der Waals surface area contributed by atoms with E-state index >= 15 is 0 Å². The van der Waals surface area contributed by atoms with Crippen molar-refractivity contribution in [2.75, 3.05) is 12.3 Å². The molecule has 2 nitrogen and oxygen atoms in total. The first kappa shape index (κ1) is 13.6. The molecule has 0 spiro atoms. The first-order valence-electron chi connectivity index (χ1n) is 5.02. The highest BCUT2D eigenvalue weighted by atomic mass is 35.5. The van der Waals surface area contributed by atoms with Gasteiger partial charge < -0.3 is 5.73 Å². The number of hydrogen-bond acceptors (Lipinski definition) is 2. The minimum absolute atomic E-state index is 0.0878. The van der Waals surface area contributed by atoms with Gasteiger partial charge in [-0.3, -0.25) is 4.21 Å². The molecule has 0 radical (unpaired) electrons. The molecule has 2 N–H and O–H groups in total. The fourth-order valence-corrected chi connectivity index (χ4v) is 2.82. The summed E-state index contributed by atoms with van der Waals surface area (Å²) in [6.45, 7) is 2.46. The predicted octanol–water partition coefficient (Wildman–Crippen LogP) is 2.32. The van der Waals surface area contributed by atoms with Crippen molar-refractivity contribution in [3.05, 3.63) is 34.6 Å². The van der Waals surface area contributed by atoms with E-state index in [1.54, 1.807) is 6.07 Å². The molecular weight excluding hydrogens is 249 g/mol. The largest absolute Gasteiger partial charge is 0.330 e. The maximum absolute atomic E-state index is 13.1. The van der Waals surface area contributed by atoms with E-state index < -0.39 is 16.6 Å². The molecule has 16 heavy (non-hydrogen) atoms. The normalized spacial score (nSPS) is 14.8. The highest BCUT2D eigenvalue weighted by molar-refractivity contribution is 7.84. The minimum Gasteiger partial charge on any atom is -0.330 e. The standard InChI is InChI=1S/C11H15ClFNOS/c1-8(5-14)6-16(15)7-9-2-3-10(12)11(13)4-9/h2-4,8H,5-7,14H2,1H3. The van der Waals surface area contributed by atoms with Crippen LogP contribution in [0.1, 0.15) is 12.5 Å². The van der Waals surface area contributed by atoms with Crippen LogP contribution in [0.15, 0.2) is 18.2 Å². The molecule has 2 atom stereocenters. The highest BCUT2D eigenvalue weighted by Gasteiger charge is 2.08. The second-order valence-electron chi connectivity index (χ2n) is 3.84. The fourth-order valence-electron chi connectivity index (χ4n) is 1.26. The third-order valence-corrected chi connectivity index (χ3v) is 4.09. The van der Waals surface area contributed by atoms with Crippen LogP contribution in [0.2, 0.25) is 5.02 Å². The van der Waals surface area contributed by atoms with Gasteiger partial charge in [0.25, 0.3) is 0 Å². The summed E-state index contributed by atoms with van der Waals surface area (Å²) in [4.78, 5) is 0. The maximum atomic E-state index is 13.1. The molecule has 0 amide bonds. The smallest absolute Gasteiger partial charge is 0.142 e. The third-order valence-electron chi connectivity index (χ3n) is 2.18. The van der Waals surface area contributed by atoms with Crippen LogP contribution in [0.5, 0.6) is 0 Å². The fraction of sp³-hybridized carbons (Fsp3) is 0.455. The highest BCUT2D eigenvalue weighted by Crippen LogP contribution is 2.16. The third kappa shape index (κ3) is 4.20. The Kier molecular flexibility index (Phi) is 5.38.